The number of nitrogens with one attached hydrogen (secondary N) is 1. The molecule has 1 fully saturated rings. The zero-order valence-electron chi connectivity index (χ0n) is 12.3. The fourth-order valence-electron chi connectivity index (χ4n) is 2.37. The summed E-state index contributed by atoms with van der Waals surface area (Å²) in [6.07, 6.45) is 11.8. The second-order valence-corrected chi connectivity index (χ2v) is 5.32. The van der Waals surface area contributed by atoms with Crippen LogP contribution in [-0.2, 0) is 22.6 Å². The molecule has 0 bridgehead atoms. The fourth-order valence-corrected chi connectivity index (χ4v) is 2.37. The summed E-state index contributed by atoms with van der Waals surface area (Å²) in [4.78, 5) is 24.4. The Morgan fingerprint density at radius 3 is 2.91 bits per heavy atom. The smallest absolute Gasteiger partial charge is 0.240 e. The van der Waals surface area contributed by atoms with Gasteiger partial charge < -0.3 is 14.6 Å². The van der Waals surface area contributed by atoms with Gasteiger partial charge in [-0.2, -0.15) is 0 Å². The lowest BCUT2D eigenvalue weighted by atomic mass is 10.1. The number of ether oxygens (including phenoxy) is 1. The molecule has 22 heavy (non-hydrogen) atoms. The summed E-state index contributed by atoms with van der Waals surface area (Å²) in [6, 6.07) is 0. The van der Waals surface area contributed by atoms with Crippen LogP contribution in [0.2, 0.25) is 0 Å². The standard InChI is InChI=1S/C15H19N5O2/c21-14(10-20-5-4-16-11-20)17-7-12-8-18-15(19-9-12)13-3-1-2-6-22-13/h4-5,8-9,11,13H,1-3,6-7,10H2,(H,17,21). The third-order valence-electron chi connectivity index (χ3n) is 3.57. The Bertz CT molecular complexity index is 591. The molecule has 3 heterocycles. The Morgan fingerprint density at radius 1 is 1.36 bits per heavy atom. The average molecular weight is 301 g/mol. The first-order chi connectivity index (χ1) is 10.8. The summed E-state index contributed by atoms with van der Waals surface area (Å²) in [5, 5.41) is 2.84. The molecule has 2 aromatic heterocycles. The number of carbonyl (C=O) groups excluding carboxylic acids is 1. The number of carbonyl (C=O) groups is 1. The van der Waals surface area contributed by atoms with Gasteiger partial charge in [-0.3, -0.25) is 4.79 Å². The van der Waals surface area contributed by atoms with Gasteiger partial charge in [-0.25, -0.2) is 15.0 Å². The normalized spacial score (nSPS) is 18.1. The van der Waals surface area contributed by atoms with Crippen molar-refractivity contribution >= 4 is 5.91 Å². The summed E-state index contributed by atoms with van der Waals surface area (Å²) < 4.78 is 7.37. The van der Waals surface area contributed by atoms with Gasteiger partial charge in [0.1, 0.15) is 12.6 Å². The number of amides is 1. The molecule has 1 aliphatic rings. The third-order valence-corrected chi connectivity index (χ3v) is 3.57. The average Bonchev–Trinajstić information content (AvgIpc) is 3.07. The Kier molecular flexibility index (Phi) is 4.75. The SMILES string of the molecule is O=C(Cn1ccnc1)NCc1cnc(C2CCCCO2)nc1. The molecule has 1 amide bonds. The van der Waals surface area contributed by atoms with Crippen LogP contribution in [0.3, 0.4) is 0 Å². The van der Waals surface area contributed by atoms with Crippen molar-refractivity contribution in [2.24, 2.45) is 0 Å². The molecule has 0 aliphatic carbocycles. The van der Waals surface area contributed by atoms with E-state index in [1.165, 1.54) is 0 Å². The molecule has 1 aliphatic heterocycles. The zero-order chi connectivity index (χ0) is 15.2. The van der Waals surface area contributed by atoms with E-state index in [9.17, 15) is 4.79 Å². The van der Waals surface area contributed by atoms with E-state index in [4.69, 9.17) is 4.74 Å². The van der Waals surface area contributed by atoms with E-state index < -0.39 is 0 Å². The quantitative estimate of drug-likeness (QED) is 0.898. The molecule has 0 spiro atoms. The van der Waals surface area contributed by atoms with Crippen molar-refractivity contribution in [3.8, 4) is 0 Å². The van der Waals surface area contributed by atoms with Crippen molar-refractivity contribution in [2.45, 2.75) is 38.5 Å². The molecule has 0 radical (unpaired) electrons. The van der Waals surface area contributed by atoms with E-state index >= 15 is 0 Å². The summed E-state index contributed by atoms with van der Waals surface area (Å²) in [5.74, 6) is 0.658. The van der Waals surface area contributed by atoms with E-state index in [2.05, 4.69) is 20.3 Å². The molecule has 1 saturated heterocycles. The number of hydrogen-bond donors (Lipinski definition) is 1. The van der Waals surface area contributed by atoms with Crippen molar-refractivity contribution in [3.05, 3.63) is 42.5 Å². The van der Waals surface area contributed by atoms with Gasteiger partial charge in [0.05, 0.1) is 6.33 Å². The highest BCUT2D eigenvalue weighted by molar-refractivity contribution is 5.75. The van der Waals surface area contributed by atoms with E-state index in [-0.39, 0.29) is 18.6 Å². The van der Waals surface area contributed by atoms with Crippen LogP contribution >= 0.6 is 0 Å². The highest BCUT2D eigenvalue weighted by Crippen LogP contribution is 2.24. The van der Waals surface area contributed by atoms with Crippen LogP contribution in [0, 0.1) is 0 Å². The van der Waals surface area contributed by atoms with Gasteiger partial charge in [-0.15, -0.1) is 0 Å². The maximum atomic E-state index is 11.8. The Labute approximate surface area is 128 Å². The van der Waals surface area contributed by atoms with Crippen LogP contribution in [0.1, 0.15) is 36.8 Å². The van der Waals surface area contributed by atoms with E-state index in [0.29, 0.717) is 6.54 Å². The Hall–Kier alpha value is -2.28. The Morgan fingerprint density at radius 2 is 2.23 bits per heavy atom. The molecule has 2 aromatic rings. The molecule has 7 nitrogen and oxygen atoms in total. The number of imidazole rings is 1. The lowest BCUT2D eigenvalue weighted by Crippen LogP contribution is -2.26. The molecule has 1 atom stereocenters. The molecule has 1 N–H and O–H groups in total. The fraction of sp³-hybridized carbons (Fsp3) is 0.467. The van der Waals surface area contributed by atoms with Crippen molar-refractivity contribution in [1.82, 2.24) is 24.8 Å². The van der Waals surface area contributed by atoms with Gasteiger partial charge in [-0.1, -0.05) is 0 Å². The molecule has 3 rings (SSSR count). The van der Waals surface area contributed by atoms with Crippen LogP contribution in [0.5, 0.6) is 0 Å². The van der Waals surface area contributed by atoms with E-state index in [1.54, 1.807) is 35.7 Å². The van der Waals surface area contributed by atoms with Gasteiger partial charge in [0.15, 0.2) is 5.82 Å². The minimum absolute atomic E-state index is 0.0126. The largest absolute Gasteiger partial charge is 0.370 e. The predicted octanol–water partition coefficient (Wildman–Crippen LogP) is 1.23. The van der Waals surface area contributed by atoms with Crippen molar-refractivity contribution in [3.63, 3.8) is 0 Å². The molecular formula is C15H19N5O2. The van der Waals surface area contributed by atoms with Crippen molar-refractivity contribution < 1.29 is 9.53 Å². The van der Waals surface area contributed by atoms with Crippen LogP contribution in [-0.4, -0.2) is 32.0 Å². The monoisotopic (exact) mass is 301 g/mol. The lowest BCUT2D eigenvalue weighted by molar-refractivity contribution is -0.121. The summed E-state index contributed by atoms with van der Waals surface area (Å²) in [5.41, 5.74) is 0.874. The first kappa shape index (κ1) is 14.6. The second-order valence-electron chi connectivity index (χ2n) is 5.32. The molecule has 0 saturated carbocycles. The zero-order valence-corrected chi connectivity index (χ0v) is 12.3. The topological polar surface area (TPSA) is 81.9 Å². The van der Waals surface area contributed by atoms with Crippen molar-refractivity contribution in [2.75, 3.05) is 6.61 Å². The highest BCUT2D eigenvalue weighted by atomic mass is 16.5. The molecular weight excluding hydrogens is 282 g/mol. The van der Waals surface area contributed by atoms with E-state index in [1.807, 2.05) is 0 Å². The lowest BCUT2D eigenvalue weighted by Gasteiger charge is -2.21. The van der Waals surface area contributed by atoms with Crippen LogP contribution < -0.4 is 5.32 Å². The number of rotatable bonds is 5. The maximum Gasteiger partial charge on any atom is 0.240 e. The molecule has 116 valence electrons. The third kappa shape index (κ3) is 3.88. The van der Waals surface area contributed by atoms with Gasteiger partial charge in [-0.05, 0) is 19.3 Å². The highest BCUT2D eigenvalue weighted by Gasteiger charge is 2.18. The molecule has 1 unspecified atom stereocenters. The first-order valence-electron chi connectivity index (χ1n) is 7.46. The van der Waals surface area contributed by atoms with Crippen LogP contribution in [0.4, 0.5) is 0 Å². The minimum Gasteiger partial charge on any atom is -0.370 e. The molecule has 7 heteroatoms. The van der Waals surface area contributed by atoms with E-state index in [0.717, 1.165) is 37.3 Å². The van der Waals surface area contributed by atoms with Gasteiger partial charge >= 0.3 is 0 Å². The van der Waals surface area contributed by atoms with Gasteiger partial charge in [0, 0.05) is 43.5 Å². The number of aromatic nitrogens is 4. The van der Waals surface area contributed by atoms with Gasteiger partial charge in [0.2, 0.25) is 5.91 Å². The van der Waals surface area contributed by atoms with Gasteiger partial charge in [0.25, 0.3) is 0 Å². The summed E-state index contributed by atoms with van der Waals surface area (Å²) in [6.45, 7) is 1.45. The van der Waals surface area contributed by atoms with Crippen molar-refractivity contribution in [1.29, 1.82) is 0 Å². The predicted molar refractivity (Wildman–Crippen MR) is 78.6 cm³/mol. The molecule has 0 aromatic carbocycles. The summed E-state index contributed by atoms with van der Waals surface area (Å²) >= 11 is 0. The maximum absolute atomic E-state index is 11.8. The van der Waals surface area contributed by atoms with Crippen LogP contribution in [0.25, 0.3) is 0 Å². The minimum atomic E-state index is -0.0716. The first-order valence-corrected chi connectivity index (χ1v) is 7.46. The Balaban J connectivity index is 1.49. The number of nitrogens with zero attached hydrogens (tertiary/aromatic N) is 4. The summed E-state index contributed by atoms with van der Waals surface area (Å²) in [7, 11) is 0. The number of hydrogen-bond acceptors (Lipinski definition) is 5. The second kappa shape index (κ2) is 7.13. The van der Waals surface area contributed by atoms with Crippen LogP contribution in [0.15, 0.2) is 31.1 Å².